The summed E-state index contributed by atoms with van der Waals surface area (Å²) in [6.07, 6.45) is 0.0315. The van der Waals surface area contributed by atoms with E-state index in [1.807, 2.05) is 6.92 Å². The second-order valence-corrected chi connectivity index (χ2v) is 5.71. The first-order valence-electron chi connectivity index (χ1n) is 5.57. The molecule has 90 valence electrons. The lowest BCUT2D eigenvalue weighted by Gasteiger charge is -2.54. The van der Waals surface area contributed by atoms with Crippen molar-refractivity contribution >= 4 is 0 Å². The molecule has 3 heteroatoms. The van der Waals surface area contributed by atoms with Gasteiger partial charge in [-0.05, 0) is 6.92 Å². The second-order valence-electron chi connectivity index (χ2n) is 5.71. The van der Waals surface area contributed by atoms with Gasteiger partial charge in [0, 0.05) is 17.9 Å². The molecule has 1 aliphatic rings. The molecule has 3 nitrogen and oxygen atoms in total. The van der Waals surface area contributed by atoms with Gasteiger partial charge in [0.25, 0.3) is 0 Å². The predicted octanol–water partition coefficient (Wildman–Crippen LogP) is 1.83. The molecule has 0 radical (unpaired) electrons. The molecule has 3 atom stereocenters. The fourth-order valence-electron chi connectivity index (χ4n) is 2.82. The smallest absolute Gasteiger partial charge is 0.0885 e. The Morgan fingerprint density at radius 2 is 1.73 bits per heavy atom. The highest BCUT2D eigenvalue weighted by molar-refractivity contribution is 5.01. The summed E-state index contributed by atoms with van der Waals surface area (Å²) in [5.74, 6) is 0. The molecule has 0 amide bonds. The molecule has 1 N–H and O–H groups in total. The maximum absolute atomic E-state index is 9.35. The molecule has 0 aromatic rings. The molecule has 1 rings (SSSR count). The van der Waals surface area contributed by atoms with Crippen LogP contribution < -0.4 is 0 Å². The summed E-state index contributed by atoms with van der Waals surface area (Å²) < 4.78 is 11.5. The van der Waals surface area contributed by atoms with Crippen molar-refractivity contribution < 1.29 is 14.6 Å². The Balaban J connectivity index is 3.03. The van der Waals surface area contributed by atoms with Crippen molar-refractivity contribution in [2.45, 2.75) is 52.9 Å². The summed E-state index contributed by atoms with van der Waals surface area (Å²) in [7, 11) is 1.74. The fraction of sp³-hybridized carbons (Fsp3) is 1.00. The molecule has 0 spiro atoms. The molecular formula is C12H24O3. The van der Waals surface area contributed by atoms with E-state index in [2.05, 4.69) is 27.7 Å². The molecular weight excluding hydrogens is 192 g/mol. The van der Waals surface area contributed by atoms with Gasteiger partial charge in [0.2, 0.25) is 0 Å². The Morgan fingerprint density at radius 3 is 2.13 bits per heavy atom. The van der Waals surface area contributed by atoms with E-state index in [1.54, 1.807) is 7.11 Å². The zero-order chi connectivity index (χ0) is 11.9. The third-order valence-corrected chi connectivity index (χ3v) is 4.00. The maximum atomic E-state index is 9.35. The molecule has 0 bridgehead atoms. The van der Waals surface area contributed by atoms with Crippen molar-refractivity contribution in [1.82, 2.24) is 0 Å². The van der Waals surface area contributed by atoms with Gasteiger partial charge < -0.3 is 14.6 Å². The van der Waals surface area contributed by atoms with Gasteiger partial charge >= 0.3 is 0 Å². The molecule has 0 saturated carbocycles. The quantitative estimate of drug-likeness (QED) is 0.765. The Labute approximate surface area is 92.8 Å². The van der Waals surface area contributed by atoms with E-state index in [-0.39, 0.29) is 35.7 Å². The number of rotatable bonds is 2. The number of hydrogen-bond donors (Lipinski definition) is 1. The van der Waals surface area contributed by atoms with Crippen molar-refractivity contribution in [2.24, 2.45) is 10.8 Å². The lowest BCUT2D eigenvalue weighted by Crippen LogP contribution is -2.61. The largest absolute Gasteiger partial charge is 0.394 e. The lowest BCUT2D eigenvalue weighted by atomic mass is 9.64. The van der Waals surface area contributed by atoms with Gasteiger partial charge in [-0.25, -0.2) is 0 Å². The molecule has 1 heterocycles. The third kappa shape index (κ3) is 1.93. The zero-order valence-electron chi connectivity index (χ0n) is 10.7. The highest BCUT2D eigenvalue weighted by Gasteiger charge is 2.53. The Hall–Kier alpha value is -0.120. The monoisotopic (exact) mass is 216 g/mol. The number of methoxy groups -OCH3 is 1. The summed E-state index contributed by atoms with van der Waals surface area (Å²) in [5.41, 5.74) is -0.205. The zero-order valence-corrected chi connectivity index (χ0v) is 10.7. The lowest BCUT2D eigenvalue weighted by molar-refractivity contribution is -0.248. The predicted molar refractivity (Wildman–Crippen MR) is 59.8 cm³/mol. The van der Waals surface area contributed by atoms with Crippen molar-refractivity contribution in [2.75, 3.05) is 13.7 Å². The van der Waals surface area contributed by atoms with Crippen LogP contribution in [0.5, 0.6) is 0 Å². The van der Waals surface area contributed by atoms with E-state index in [9.17, 15) is 5.11 Å². The first-order chi connectivity index (χ1) is 6.78. The normalized spacial score (nSPS) is 39.0. The highest BCUT2D eigenvalue weighted by atomic mass is 16.5. The average molecular weight is 216 g/mol. The third-order valence-electron chi connectivity index (χ3n) is 4.00. The van der Waals surface area contributed by atoms with E-state index >= 15 is 0 Å². The van der Waals surface area contributed by atoms with Crippen LogP contribution in [-0.2, 0) is 9.47 Å². The minimum atomic E-state index is -0.167. The van der Waals surface area contributed by atoms with Gasteiger partial charge in [0.05, 0.1) is 24.9 Å². The Bertz CT molecular complexity index is 223. The van der Waals surface area contributed by atoms with E-state index in [0.717, 1.165) is 0 Å². The molecule has 1 aliphatic heterocycles. The Kier molecular flexibility index (Phi) is 3.49. The van der Waals surface area contributed by atoms with Gasteiger partial charge in [0.15, 0.2) is 0 Å². The van der Waals surface area contributed by atoms with Crippen molar-refractivity contribution in [3.05, 3.63) is 0 Å². The number of hydrogen-bond acceptors (Lipinski definition) is 3. The number of ether oxygens (including phenoxy) is 2. The van der Waals surface area contributed by atoms with Crippen molar-refractivity contribution in [3.8, 4) is 0 Å². The fourth-order valence-corrected chi connectivity index (χ4v) is 2.82. The van der Waals surface area contributed by atoms with Crippen LogP contribution in [0.4, 0.5) is 0 Å². The van der Waals surface area contributed by atoms with Gasteiger partial charge in [-0.1, -0.05) is 27.7 Å². The topological polar surface area (TPSA) is 38.7 Å². The molecule has 0 aromatic carbocycles. The van der Waals surface area contributed by atoms with Gasteiger partial charge in [-0.15, -0.1) is 0 Å². The van der Waals surface area contributed by atoms with Crippen LogP contribution in [-0.4, -0.2) is 37.1 Å². The number of aliphatic hydroxyl groups excluding tert-OH is 1. The molecule has 1 saturated heterocycles. The second kappa shape index (κ2) is 4.04. The summed E-state index contributed by atoms with van der Waals surface area (Å²) in [6.45, 7) is 10.6. The summed E-state index contributed by atoms with van der Waals surface area (Å²) in [4.78, 5) is 0. The van der Waals surface area contributed by atoms with Crippen LogP contribution in [0.2, 0.25) is 0 Å². The molecule has 0 aliphatic carbocycles. The van der Waals surface area contributed by atoms with E-state index in [4.69, 9.17) is 9.47 Å². The SMILES string of the molecule is CO[C@@H]1C(C)(C)C(C)OC(CO)C1(C)C. The standard InChI is InChI=1S/C12H24O3/c1-8-11(2,3)10(14-6)12(4,5)9(7-13)15-8/h8-10,13H,7H2,1-6H3/t8?,9?,10-/m1/s1. The first kappa shape index (κ1) is 12.9. The summed E-state index contributed by atoms with van der Waals surface area (Å²) in [6, 6.07) is 0. The Morgan fingerprint density at radius 1 is 1.20 bits per heavy atom. The summed E-state index contributed by atoms with van der Waals surface area (Å²) >= 11 is 0. The van der Waals surface area contributed by atoms with Crippen LogP contribution in [0.25, 0.3) is 0 Å². The number of aliphatic hydroxyl groups is 1. The van der Waals surface area contributed by atoms with Crippen LogP contribution in [0.1, 0.15) is 34.6 Å². The molecule has 2 unspecified atom stereocenters. The van der Waals surface area contributed by atoms with Gasteiger partial charge in [0.1, 0.15) is 0 Å². The molecule has 1 fully saturated rings. The highest BCUT2D eigenvalue weighted by Crippen LogP contribution is 2.47. The van der Waals surface area contributed by atoms with Crippen LogP contribution in [0.15, 0.2) is 0 Å². The minimum Gasteiger partial charge on any atom is -0.394 e. The van der Waals surface area contributed by atoms with Crippen LogP contribution in [0, 0.1) is 10.8 Å². The molecule has 0 aromatic heterocycles. The van der Waals surface area contributed by atoms with Gasteiger partial charge in [-0.2, -0.15) is 0 Å². The molecule has 15 heavy (non-hydrogen) atoms. The van der Waals surface area contributed by atoms with Crippen molar-refractivity contribution in [1.29, 1.82) is 0 Å². The van der Waals surface area contributed by atoms with Gasteiger partial charge in [-0.3, -0.25) is 0 Å². The van der Waals surface area contributed by atoms with E-state index < -0.39 is 0 Å². The van der Waals surface area contributed by atoms with Crippen molar-refractivity contribution in [3.63, 3.8) is 0 Å². The van der Waals surface area contributed by atoms with Crippen LogP contribution >= 0.6 is 0 Å². The van der Waals surface area contributed by atoms with E-state index in [1.165, 1.54) is 0 Å². The maximum Gasteiger partial charge on any atom is 0.0885 e. The average Bonchev–Trinajstić information content (AvgIpc) is 2.11. The first-order valence-corrected chi connectivity index (χ1v) is 5.57. The van der Waals surface area contributed by atoms with E-state index in [0.29, 0.717) is 0 Å². The minimum absolute atomic E-state index is 0.0378. The van der Waals surface area contributed by atoms with Crippen LogP contribution in [0.3, 0.4) is 0 Å². The summed E-state index contributed by atoms with van der Waals surface area (Å²) in [5, 5.41) is 9.35.